The van der Waals surface area contributed by atoms with Gasteiger partial charge in [-0.1, -0.05) is 85.8 Å². The minimum absolute atomic E-state index is 0.0313. The molecule has 0 bridgehead atoms. The van der Waals surface area contributed by atoms with Crippen molar-refractivity contribution < 1.29 is 27.5 Å². The highest BCUT2D eigenvalue weighted by atomic mass is 32.2. The molecule has 0 radical (unpaired) electrons. The maximum absolute atomic E-state index is 14.5. The summed E-state index contributed by atoms with van der Waals surface area (Å²) in [6.45, 7) is 2.67. The second-order valence-electron chi connectivity index (χ2n) is 10.7. The van der Waals surface area contributed by atoms with Gasteiger partial charge in [0.25, 0.3) is 10.0 Å². The van der Waals surface area contributed by atoms with Gasteiger partial charge in [-0.3, -0.25) is 13.9 Å². The van der Waals surface area contributed by atoms with Crippen LogP contribution in [0.3, 0.4) is 0 Å². The molecule has 1 N–H and O–H groups in total. The van der Waals surface area contributed by atoms with E-state index in [-0.39, 0.29) is 29.5 Å². The highest BCUT2D eigenvalue weighted by Gasteiger charge is 2.35. The maximum atomic E-state index is 14.5. The first-order valence-corrected chi connectivity index (χ1v) is 16.4. The van der Waals surface area contributed by atoms with Crippen molar-refractivity contribution in [2.24, 2.45) is 0 Å². The van der Waals surface area contributed by atoms with Crippen LogP contribution in [-0.4, -0.2) is 57.5 Å². The predicted octanol–water partition coefficient (Wildman–Crippen LogP) is 4.82. The van der Waals surface area contributed by atoms with Crippen molar-refractivity contribution in [2.45, 2.75) is 37.2 Å². The van der Waals surface area contributed by atoms with Gasteiger partial charge in [-0.2, -0.15) is 0 Å². The third kappa shape index (κ3) is 7.82. The maximum Gasteiger partial charge on any atom is 0.264 e. The van der Waals surface area contributed by atoms with Crippen LogP contribution in [0.5, 0.6) is 11.5 Å². The van der Waals surface area contributed by atoms with Crippen LogP contribution in [0, 0.1) is 0 Å². The number of benzene rings is 4. The number of nitrogens with zero attached hydrogens (tertiary/aromatic N) is 2. The van der Waals surface area contributed by atoms with Gasteiger partial charge in [0.15, 0.2) is 11.5 Å². The molecule has 1 aliphatic heterocycles. The summed E-state index contributed by atoms with van der Waals surface area (Å²) in [5.41, 5.74) is 1.93. The first kappa shape index (κ1) is 31.6. The minimum atomic E-state index is -4.21. The average molecular weight is 628 g/mol. The largest absolute Gasteiger partial charge is 0.486 e. The van der Waals surface area contributed by atoms with E-state index in [1.807, 2.05) is 67.6 Å². The molecule has 9 nitrogen and oxygen atoms in total. The summed E-state index contributed by atoms with van der Waals surface area (Å²) in [4.78, 5) is 29.7. The topological polar surface area (TPSA) is 105 Å². The summed E-state index contributed by atoms with van der Waals surface area (Å²) in [6.07, 6.45) is 0.980. The summed E-state index contributed by atoms with van der Waals surface area (Å²) >= 11 is 0. The molecule has 0 fully saturated rings. The Morgan fingerprint density at radius 2 is 1.40 bits per heavy atom. The molecule has 0 aromatic heterocycles. The van der Waals surface area contributed by atoms with E-state index in [1.54, 1.807) is 36.4 Å². The quantitative estimate of drug-likeness (QED) is 0.228. The van der Waals surface area contributed by atoms with E-state index in [0.717, 1.165) is 21.9 Å². The van der Waals surface area contributed by atoms with Gasteiger partial charge < -0.3 is 19.7 Å². The monoisotopic (exact) mass is 627 g/mol. The van der Waals surface area contributed by atoms with E-state index >= 15 is 0 Å². The molecule has 0 saturated heterocycles. The fraction of sp³-hybridized carbons (Fsp3) is 0.257. The average Bonchev–Trinajstić information content (AvgIpc) is 3.08. The van der Waals surface area contributed by atoms with E-state index < -0.39 is 28.5 Å². The molecule has 1 aliphatic rings. The van der Waals surface area contributed by atoms with E-state index in [4.69, 9.17) is 9.47 Å². The molecule has 0 aliphatic carbocycles. The van der Waals surface area contributed by atoms with Crippen LogP contribution in [0.4, 0.5) is 5.69 Å². The molecule has 4 aromatic carbocycles. The molecule has 0 saturated carbocycles. The molecule has 1 atom stereocenters. The molecule has 45 heavy (non-hydrogen) atoms. The molecule has 234 valence electrons. The van der Waals surface area contributed by atoms with Crippen molar-refractivity contribution >= 4 is 27.5 Å². The zero-order valence-electron chi connectivity index (χ0n) is 25.2. The Morgan fingerprint density at radius 1 is 0.800 bits per heavy atom. The summed E-state index contributed by atoms with van der Waals surface area (Å²) in [7, 11) is -4.21. The molecule has 1 unspecified atom stereocenters. The number of amides is 2. The second-order valence-corrected chi connectivity index (χ2v) is 12.5. The number of nitrogens with one attached hydrogen (secondary N) is 1. The van der Waals surface area contributed by atoms with Gasteiger partial charge in [0, 0.05) is 25.6 Å². The first-order chi connectivity index (χ1) is 21.9. The number of carbonyl (C=O) groups is 2. The standard InChI is InChI=1S/C35H37N3O6S/c1-2-20-36-35(40)31(23-27-12-6-3-7-13-27)37(25-28-14-8-4-9-15-28)34(39)26-38(45(41,42)30-16-10-5-11-17-30)29-18-19-32-33(24-29)44-22-21-43-32/h3-19,24,31H,2,20-23,25-26H2,1H3,(H,36,40). The van der Waals surface area contributed by atoms with E-state index in [2.05, 4.69) is 5.32 Å². The summed E-state index contributed by atoms with van der Waals surface area (Å²) < 4.78 is 40.8. The van der Waals surface area contributed by atoms with Crippen molar-refractivity contribution in [3.8, 4) is 11.5 Å². The summed E-state index contributed by atoms with van der Waals surface area (Å²) in [5.74, 6) is 0.0544. The third-order valence-corrected chi connectivity index (χ3v) is 9.23. The zero-order chi connectivity index (χ0) is 31.6. The first-order valence-electron chi connectivity index (χ1n) is 15.0. The minimum Gasteiger partial charge on any atom is -0.486 e. The lowest BCUT2D eigenvalue weighted by atomic mass is 10.0. The van der Waals surface area contributed by atoms with Crippen molar-refractivity contribution in [1.82, 2.24) is 10.2 Å². The number of hydrogen-bond donors (Lipinski definition) is 1. The number of ether oxygens (including phenoxy) is 2. The molecule has 4 aromatic rings. The molecule has 10 heteroatoms. The number of rotatable bonds is 13. The Kier molecular flexibility index (Phi) is 10.4. The van der Waals surface area contributed by atoms with Gasteiger partial charge in [0.05, 0.1) is 10.6 Å². The van der Waals surface area contributed by atoms with E-state index in [9.17, 15) is 18.0 Å². The highest BCUT2D eigenvalue weighted by Crippen LogP contribution is 2.36. The van der Waals surface area contributed by atoms with Crippen molar-refractivity contribution in [2.75, 3.05) is 30.6 Å². The van der Waals surface area contributed by atoms with Crippen molar-refractivity contribution in [3.05, 3.63) is 120 Å². The van der Waals surface area contributed by atoms with Gasteiger partial charge in [0.1, 0.15) is 25.8 Å². The van der Waals surface area contributed by atoms with Gasteiger partial charge in [0.2, 0.25) is 11.8 Å². The molecular formula is C35H37N3O6S. The Balaban J connectivity index is 1.56. The summed E-state index contributed by atoms with van der Waals surface area (Å²) in [5, 5.41) is 2.95. The molecule has 1 heterocycles. The SMILES string of the molecule is CCCNC(=O)C(Cc1ccccc1)N(Cc1ccccc1)C(=O)CN(c1ccc2c(c1)OCCO2)S(=O)(=O)c1ccccc1. The third-order valence-electron chi connectivity index (χ3n) is 7.44. The zero-order valence-corrected chi connectivity index (χ0v) is 26.0. The Hall–Kier alpha value is -4.83. The van der Waals surface area contributed by atoms with Crippen LogP contribution in [-0.2, 0) is 32.6 Å². The van der Waals surface area contributed by atoms with Crippen LogP contribution in [0.1, 0.15) is 24.5 Å². The van der Waals surface area contributed by atoms with Gasteiger partial charge in [-0.25, -0.2) is 8.42 Å². The number of carbonyl (C=O) groups excluding carboxylic acids is 2. The van der Waals surface area contributed by atoms with Gasteiger partial charge in [-0.15, -0.1) is 0 Å². The van der Waals surface area contributed by atoms with E-state index in [0.29, 0.717) is 31.3 Å². The fourth-order valence-corrected chi connectivity index (χ4v) is 6.56. The summed E-state index contributed by atoms with van der Waals surface area (Å²) in [6, 6.07) is 30.7. The second kappa shape index (κ2) is 14.8. The fourth-order valence-electron chi connectivity index (χ4n) is 5.14. The van der Waals surface area contributed by atoms with Crippen molar-refractivity contribution in [1.29, 1.82) is 0 Å². The highest BCUT2D eigenvalue weighted by molar-refractivity contribution is 7.92. The lowest BCUT2D eigenvalue weighted by Crippen LogP contribution is -2.53. The number of anilines is 1. The van der Waals surface area contributed by atoms with Crippen LogP contribution in [0.25, 0.3) is 0 Å². The van der Waals surface area contributed by atoms with Crippen LogP contribution >= 0.6 is 0 Å². The molecular weight excluding hydrogens is 590 g/mol. The molecule has 2 amide bonds. The smallest absolute Gasteiger partial charge is 0.264 e. The Labute approximate surface area is 264 Å². The Morgan fingerprint density at radius 3 is 2.04 bits per heavy atom. The van der Waals surface area contributed by atoms with E-state index in [1.165, 1.54) is 17.0 Å². The predicted molar refractivity (Wildman–Crippen MR) is 173 cm³/mol. The van der Waals surface area contributed by atoms with Crippen LogP contribution < -0.4 is 19.1 Å². The van der Waals surface area contributed by atoms with Gasteiger partial charge in [-0.05, 0) is 41.8 Å². The molecule has 0 spiro atoms. The number of sulfonamides is 1. The Bertz CT molecular complexity index is 1680. The van der Waals surface area contributed by atoms with Gasteiger partial charge >= 0.3 is 0 Å². The van der Waals surface area contributed by atoms with Crippen molar-refractivity contribution in [3.63, 3.8) is 0 Å². The van der Waals surface area contributed by atoms with Crippen LogP contribution in [0.2, 0.25) is 0 Å². The normalized spacial score (nSPS) is 13.0. The van der Waals surface area contributed by atoms with Crippen LogP contribution in [0.15, 0.2) is 114 Å². The number of hydrogen-bond acceptors (Lipinski definition) is 6. The molecule has 5 rings (SSSR count). The lowest BCUT2D eigenvalue weighted by molar-refractivity contribution is -0.140. The number of fused-ring (bicyclic) bond motifs is 1. The lowest BCUT2D eigenvalue weighted by Gasteiger charge is -2.34.